The molecule has 2 aromatic heterocycles. The molecule has 0 aliphatic rings. The predicted molar refractivity (Wildman–Crippen MR) is 73.1 cm³/mol. The molecule has 2 aromatic rings. The Morgan fingerprint density at radius 3 is 2.64 bits per heavy atom. The lowest BCUT2D eigenvalue weighted by atomic mass is 10.2. The van der Waals surface area contributed by atoms with E-state index in [0.29, 0.717) is 0 Å². The lowest BCUT2D eigenvalue weighted by molar-refractivity contribution is 0.227. The fourth-order valence-corrected chi connectivity index (χ4v) is 4.49. The summed E-state index contributed by atoms with van der Waals surface area (Å²) in [6, 6.07) is 5.94. The van der Waals surface area contributed by atoms with E-state index < -0.39 is 6.10 Å². The molecular weight excluding hydrogens is 395 g/mol. The predicted octanol–water partition coefficient (Wildman–Crippen LogP) is 4.26. The molecule has 0 saturated heterocycles. The number of aliphatic hydroxyl groups is 1. The molecule has 1 atom stereocenters. The van der Waals surface area contributed by atoms with Crippen molar-refractivity contribution in [3.05, 3.63) is 40.7 Å². The minimum Gasteiger partial charge on any atom is -0.382 e. The van der Waals surface area contributed by atoms with Crippen molar-refractivity contribution in [2.24, 2.45) is 0 Å². The first kappa shape index (κ1) is 11.1. The van der Waals surface area contributed by atoms with E-state index in [1.54, 1.807) is 22.7 Å². The van der Waals surface area contributed by atoms with E-state index in [9.17, 15) is 5.11 Å². The van der Waals surface area contributed by atoms with Gasteiger partial charge in [0.25, 0.3) is 0 Å². The highest BCUT2D eigenvalue weighted by Crippen LogP contribution is 2.35. The smallest absolute Gasteiger partial charge is 0.123 e. The second kappa shape index (κ2) is 4.61. The quantitative estimate of drug-likeness (QED) is 0.746. The van der Waals surface area contributed by atoms with E-state index >= 15 is 0 Å². The molecule has 14 heavy (non-hydrogen) atoms. The van der Waals surface area contributed by atoms with Crippen LogP contribution in [0.3, 0.4) is 0 Å². The topological polar surface area (TPSA) is 20.2 Å². The van der Waals surface area contributed by atoms with Crippen LogP contribution in [0.25, 0.3) is 0 Å². The van der Waals surface area contributed by atoms with Gasteiger partial charge in [0.1, 0.15) is 6.10 Å². The zero-order valence-electron chi connectivity index (χ0n) is 6.91. The third-order valence-electron chi connectivity index (χ3n) is 1.76. The maximum Gasteiger partial charge on any atom is 0.123 e. The van der Waals surface area contributed by atoms with Crippen LogP contribution in [0.15, 0.2) is 27.4 Å². The fraction of sp³-hybridized carbons (Fsp3) is 0.111. The van der Waals surface area contributed by atoms with Crippen molar-refractivity contribution >= 4 is 61.2 Å². The molecule has 0 aliphatic heterocycles. The Labute approximate surface area is 112 Å². The summed E-state index contributed by atoms with van der Waals surface area (Å²) in [5.74, 6) is 0. The number of halogens is 2. The summed E-state index contributed by atoms with van der Waals surface area (Å²) in [4.78, 5) is 2.01. The highest BCUT2D eigenvalue weighted by molar-refractivity contribution is 14.1. The SMILES string of the molecule is OC(c1ccc(Br)s1)c1sccc1I. The van der Waals surface area contributed by atoms with E-state index in [4.69, 9.17) is 0 Å². The van der Waals surface area contributed by atoms with Crippen LogP contribution in [-0.4, -0.2) is 5.11 Å². The Kier molecular flexibility index (Phi) is 3.64. The molecule has 0 radical (unpaired) electrons. The van der Waals surface area contributed by atoms with Gasteiger partial charge >= 0.3 is 0 Å². The van der Waals surface area contributed by atoms with Crippen LogP contribution in [0.2, 0.25) is 0 Å². The second-order valence-electron chi connectivity index (χ2n) is 2.68. The summed E-state index contributed by atoms with van der Waals surface area (Å²) >= 11 is 8.81. The van der Waals surface area contributed by atoms with Crippen LogP contribution in [0.5, 0.6) is 0 Å². The molecule has 2 heterocycles. The Balaban J connectivity index is 2.33. The summed E-state index contributed by atoms with van der Waals surface area (Å²) in [7, 11) is 0. The van der Waals surface area contributed by atoms with Gasteiger partial charge in [0, 0.05) is 8.45 Å². The first-order chi connectivity index (χ1) is 6.68. The second-order valence-corrected chi connectivity index (χ2v) is 7.28. The van der Waals surface area contributed by atoms with E-state index in [-0.39, 0.29) is 0 Å². The third kappa shape index (κ3) is 2.21. The number of hydrogen-bond acceptors (Lipinski definition) is 3. The largest absolute Gasteiger partial charge is 0.382 e. The highest BCUT2D eigenvalue weighted by atomic mass is 127. The number of rotatable bonds is 2. The van der Waals surface area contributed by atoms with Crippen LogP contribution < -0.4 is 0 Å². The molecule has 1 nitrogen and oxygen atoms in total. The molecule has 0 saturated carbocycles. The highest BCUT2D eigenvalue weighted by Gasteiger charge is 2.16. The molecule has 0 amide bonds. The van der Waals surface area contributed by atoms with Gasteiger partial charge in [-0.3, -0.25) is 0 Å². The first-order valence-corrected chi connectivity index (χ1v) is 7.41. The molecule has 0 fully saturated rings. The van der Waals surface area contributed by atoms with Gasteiger partial charge in [-0.2, -0.15) is 0 Å². The van der Waals surface area contributed by atoms with Crippen LogP contribution in [0.4, 0.5) is 0 Å². The average molecular weight is 401 g/mol. The molecule has 0 aromatic carbocycles. The molecule has 1 N–H and O–H groups in total. The van der Waals surface area contributed by atoms with Crippen LogP contribution in [0.1, 0.15) is 15.9 Å². The van der Waals surface area contributed by atoms with Gasteiger partial charge < -0.3 is 5.11 Å². The monoisotopic (exact) mass is 400 g/mol. The van der Waals surface area contributed by atoms with Crippen molar-refractivity contribution < 1.29 is 5.11 Å². The minimum atomic E-state index is -0.474. The standard InChI is InChI=1S/C9H6BrIOS2/c10-7-2-1-6(14-7)8(12)9-5(11)3-4-13-9/h1-4,8,12H. The van der Waals surface area contributed by atoms with Gasteiger partial charge in [-0.05, 0) is 62.1 Å². The molecule has 74 valence electrons. The summed E-state index contributed by atoms with van der Waals surface area (Å²) < 4.78 is 2.18. The maximum atomic E-state index is 10.1. The van der Waals surface area contributed by atoms with E-state index in [1.807, 2.05) is 23.6 Å². The Bertz CT molecular complexity index is 437. The van der Waals surface area contributed by atoms with Crippen LogP contribution >= 0.6 is 61.2 Å². The Hall–Kier alpha value is 0.570. The third-order valence-corrected chi connectivity index (χ3v) is 5.71. The van der Waals surface area contributed by atoms with Crippen molar-refractivity contribution in [2.75, 3.05) is 0 Å². The van der Waals surface area contributed by atoms with E-state index in [2.05, 4.69) is 38.5 Å². The van der Waals surface area contributed by atoms with Gasteiger partial charge in [-0.15, -0.1) is 22.7 Å². The summed E-state index contributed by atoms with van der Waals surface area (Å²) in [6.07, 6.45) is -0.474. The van der Waals surface area contributed by atoms with Crippen LogP contribution in [0, 0.1) is 3.57 Å². The zero-order valence-corrected chi connectivity index (χ0v) is 12.3. The zero-order chi connectivity index (χ0) is 10.1. The Morgan fingerprint density at radius 1 is 1.36 bits per heavy atom. The lowest BCUT2D eigenvalue weighted by Gasteiger charge is -2.06. The normalized spacial score (nSPS) is 13.1. The van der Waals surface area contributed by atoms with Crippen molar-refractivity contribution in [1.82, 2.24) is 0 Å². The molecule has 0 aliphatic carbocycles. The van der Waals surface area contributed by atoms with Gasteiger partial charge in [0.15, 0.2) is 0 Å². The lowest BCUT2D eigenvalue weighted by Crippen LogP contribution is -1.95. The molecule has 2 rings (SSSR count). The molecular formula is C9H6BrIOS2. The Morgan fingerprint density at radius 2 is 2.14 bits per heavy atom. The molecule has 5 heteroatoms. The summed E-state index contributed by atoms with van der Waals surface area (Å²) in [5, 5.41) is 12.1. The number of thiophene rings is 2. The van der Waals surface area contributed by atoms with Crippen LogP contribution in [-0.2, 0) is 0 Å². The van der Waals surface area contributed by atoms with Gasteiger partial charge in [0.2, 0.25) is 0 Å². The number of hydrogen-bond donors (Lipinski definition) is 1. The van der Waals surface area contributed by atoms with E-state index in [1.165, 1.54) is 0 Å². The van der Waals surface area contributed by atoms with Gasteiger partial charge in [-0.25, -0.2) is 0 Å². The van der Waals surface area contributed by atoms with Crippen molar-refractivity contribution in [2.45, 2.75) is 6.10 Å². The van der Waals surface area contributed by atoms with Crippen molar-refractivity contribution in [3.8, 4) is 0 Å². The van der Waals surface area contributed by atoms with E-state index in [0.717, 1.165) is 17.1 Å². The van der Waals surface area contributed by atoms with Crippen molar-refractivity contribution in [1.29, 1.82) is 0 Å². The average Bonchev–Trinajstić information content (AvgIpc) is 2.73. The maximum absolute atomic E-state index is 10.1. The molecule has 1 unspecified atom stereocenters. The molecule has 0 bridgehead atoms. The molecule has 0 spiro atoms. The fourth-order valence-electron chi connectivity index (χ4n) is 1.10. The van der Waals surface area contributed by atoms with Crippen molar-refractivity contribution in [3.63, 3.8) is 0 Å². The summed E-state index contributed by atoms with van der Waals surface area (Å²) in [6.45, 7) is 0. The minimum absolute atomic E-state index is 0.474. The van der Waals surface area contributed by atoms with Gasteiger partial charge in [0.05, 0.1) is 8.66 Å². The first-order valence-electron chi connectivity index (χ1n) is 3.84. The summed E-state index contributed by atoms with van der Waals surface area (Å²) in [5.41, 5.74) is 0. The van der Waals surface area contributed by atoms with Gasteiger partial charge in [-0.1, -0.05) is 0 Å². The number of aliphatic hydroxyl groups excluding tert-OH is 1.